The van der Waals surface area contributed by atoms with Gasteiger partial charge in [0.2, 0.25) is 11.8 Å². The summed E-state index contributed by atoms with van der Waals surface area (Å²) in [6.07, 6.45) is 0.639. The Hall–Kier alpha value is -2.78. The van der Waals surface area contributed by atoms with Crippen molar-refractivity contribution in [3.8, 4) is 0 Å². The molecule has 5 rings (SSSR count). The summed E-state index contributed by atoms with van der Waals surface area (Å²) in [5, 5.41) is 11.9. The van der Waals surface area contributed by atoms with Crippen LogP contribution in [0.2, 0.25) is 0 Å². The van der Waals surface area contributed by atoms with E-state index in [0.717, 1.165) is 35.0 Å². The molecule has 1 atom stereocenters. The Labute approximate surface area is 171 Å². The molecule has 0 spiro atoms. The third-order valence-corrected chi connectivity index (χ3v) is 6.57. The van der Waals surface area contributed by atoms with E-state index in [1.54, 1.807) is 16.2 Å². The fourth-order valence-electron chi connectivity index (χ4n) is 3.97. The second kappa shape index (κ2) is 7.23. The fraction of sp³-hybridized carbons (Fsp3) is 0.400. The Balaban J connectivity index is 1.25. The van der Waals surface area contributed by atoms with Crippen molar-refractivity contribution in [1.29, 1.82) is 0 Å². The molecule has 0 radical (unpaired) electrons. The summed E-state index contributed by atoms with van der Waals surface area (Å²) in [6.45, 7) is 3.00. The summed E-state index contributed by atoms with van der Waals surface area (Å²) in [5.41, 5.74) is 3.74. The molecule has 150 valence electrons. The molecule has 2 saturated heterocycles. The highest BCUT2D eigenvalue weighted by molar-refractivity contribution is 7.13. The number of piperidine rings is 1. The number of rotatable bonds is 5. The molecule has 8 nitrogen and oxygen atoms in total. The van der Waals surface area contributed by atoms with E-state index in [9.17, 15) is 14.4 Å². The van der Waals surface area contributed by atoms with Crippen LogP contribution in [-0.4, -0.2) is 46.7 Å². The van der Waals surface area contributed by atoms with Crippen molar-refractivity contribution in [1.82, 2.24) is 20.5 Å². The molecule has 3 amide bonds. The fourth-order valence-corrected chi connectivity index (χ4v) is 4.76. The van der Waals surface area contributed by atoms with Crippen LogP contribution in [0.3, 0.4) is 0 Å². The summed E-state index contributed by atoms with van der Waals surface area (Å²) < 4.78 is 0. The zero-order chi connectivity index (χ0) is 20.0. The van der Waals surface area contributed by atoms with Crippen LogP contribution < -0.4 is 16.0 Å². The Morgan fingerprint density at radius 3 is 2.86 bits per heavy atom. The van der Waals surface area contributed by atoms with Gasteiger partial charge < -0.3 is 15.5 Å². The van der Waals surface area contributed by atoms with E-state index in [1.165, 1.54) is 0 Å². The number of nitrogens with one attached hydrogen (secondary N) is 3. The Bertz CT molecular complexity index is 1000. The highest BCUT2D eigenvalue weighted by atomic mass is 32.1. The maximum atomic E-state index is 12.7. The third-order valence-electron chi connectivity index (χ3n) is 5.75. The van der Waals surface area contributed by atoms with Gasteiger partial charge in [-0.05, 0) is 23.6 Å². The Kier molecular flexibility index (Phi) is 4.56. The summed E-state index contributed by atoms with van der Waals surface area (Å²) in [7, 11) is 0. The van der Waals surface area contributed by atoms with Crippen LogP contribution in [0, 0.1) is 0 Å². The van der Waals surface area contributed by atoms with Gasteiger partial charge in [0.15, 0.2) is 5.13 Å². The third kappa shape index (κ3) is 3.40. The van der Waals surface area contributed by atoms with Crippen LogP contribution in [-0.2, 0) is 22.7 Å². The normalized spacial score (nSPS) is 21.7. The smallest absolute Gasteiger partial charge is 0.255 e. The lowest BCUT2D eigenvalue weighted by Gasteiger charge is -2.29. The molecule has 1 aromatic heterocycles. The second-order valence-corrected chi connectivity index (χ2v) is 8.54. The van der Waals surface area contributed by atoms with Gasteiger partial charge in [0.1, 0.15) is 6.04 Å². The summed E-state index contributed by atoms with van der Waals surface area (Å²) >= 11 is 1.61. The monoisotopic (exact) mass is 411 g/mol. The molecule has 3 N–H and O–H groups in total. The molecule has 3 aliphatic heterocycles. The molecular weight excluding hydrogens is 390 g/mol. The number of amides is 3. The lowest BCUT2D eigenvalue weighted by Crippen LogP contribution is -2.52. The van der Waals surface area contributed by atoms with Crippen molar-refractivity contribution in [2.75, 3.05) is 18.4 Å². The molecule has 0 saturated carbocycles. The molecule has 2 aromatic rings. The number of carbonyl (C=O) groups is 3. The molecule has 29 heavy (non-hydrogen) atoms. The summed E-state index contributed by atoms with van der Waals surface area (Å²) in [6, 6.07) is 5.19. The minimum absolute atomic E-state index is 0.146. The molecule has 1 aromatic carbocycles. The summed E-state index contributed by atoms with van der Waals surface area (Å²) in [5.74, 6) is -0.285. The van der Waals surface area contributed by atoms with Crippen LogP contribution in [0.1, 0.15) is 45.9 Å². The van der Waals surface area contributed by atoms with Gasteiger partial charge in [-0.15, -0.1) is 11.3 Å². The highest BCUT2D eigenvalue weighted by Gasteiger charge is 2.39. The second-order valence-electron chi connectivity index (χ2n) is 7.68. The van der Waals surface area contributed by atoms with Crippen molar-refractivity contribution < 1.29 is 14.4 Å². The van der Waals surface area contributed by atoms with Crippen LogP contribution in [0.4, 0.5) is 5.13 Å². The van der Waals surface area contributed by atoms with Gasteiger partial charge in [-0.1, -0.05) is 12.1 Å². The molecule has 2 fully saturated rings. The van der Waals surface area contributed by atoms with E-state index in [4.69, 9.17) is 0 Å². The van der Waals surface area contributed by atoms with Crippen molar-refractivity contribution in [3.05, 3.63) is 46.0 Å². The number of carbonyl (C=O) groups excluding carboxylic acids is 3. The number of nitrogens with zero attached hydrogens (tertiary/aromatic N) is 2. The number of anilines is 1. The zero-order valence-corrected chi connectivity index (χ0v) is 16.6. The largest absolute Gasteiger partial charge is 0.357 e. The maximum absolute atomic E-state index is 12.7. The van der Waals surface area contributed by atoms with Crippen molar-refractivity contribution in [3.63, 3.8) is 0 Å². The average molecular weight is 411 g/mol. The first-order valence-corrected chi connectivity index (χ1v) is 10.6. The van der Waals surface area contributed by atoms with E-state index in [0.29, 0.717) is 31.0 Å². The first-order valence-electron chi connectivity index (χ1n) is 9.75. The molecule has 0 bridgehead atoms. The number of benzene rings is 1. The van der Waals surface area contributed by atoms with Gasteiger partial charge in [0.05, 0.1) is 5.69 Å². The first-order chi connectivity index (χ1) is 14.1. The van der Waals surface area contributed by atoms with Gasteiger partial charge in [0.25, 0.3) is 5.91 Å². The van der Waals surface area contributed by atoms with E-state index in [-0.39, 0.29) is 24.1 Å². The van der Waals surface area contributed by atoms with Crippen LogP contribution in [0.15, 0.2) is 23.6 Å². The molecular formula is C20H21N5O3S. The number of thiazole rings is 1. The Morgan fingerprint density at radius 2 is 2.10 bits per heavy atom. The van der Waals surface area contributed by atoms with Crippen LogP contribution in [0.5, 0.6) is 0 Å². The minimum atomic E-state index is -0.580. The zero-order valence-electron chi connectivity index (χ0n) is 15.7. The number of fused-ring (bicyclic) bond motifs is 1. The van der Waals surface area contributed by atoms with Gasteiger partial charge >= 0.3 is 0 Å². The first kappa shape index (κ1) is 18.3. The van der Waals surface area contributed by atoms with E-state index < -0.39 is 6.04 Å². The quantitative estimate of drug-likeness (QED) is 0.639. The highest BCUT2D eigenvalue weighted by Crippen LogP contribution is 2.29. The molecule has 3 aliphatic rings. The topological polar surface area (TPSA) is 103 Å². The van der Waals surface area contributed by atoms with Gasteiger partial charge in [-0.25, -0.2) is 4.98 Å². The van der Waals surface area contributed by atoms with Crippen molar-refractivity contribution in [2.45, 2.75) is 37.9 Å². The van der Waals surface area contributed by atoms with Crippen molar-refractivity contribution in [2.24, 2.45) is 0 Å². The number of aromatic nitrogens is 1. The lowest BCUT2D eigenvalue weighted by molar-refractivity contribution is -0.136. The van der Waals surface area contributed by atoms with E-state index in [1.807, 2.05) is 18.2 Å². The Morgan fingerprint density at radius 1 is 1.24 bits per heavy atom. The standard InChI is InChI=1S/C20H21N5O3S/c26-17-4-3-16(18(27)24-17)25-9-12-5-11(1-2-14(12)19(25)28)6-22-20-23-15(10-29-20)13-7-21-8-13/h1-2,5,10,13,16,21H,3-4,6-9H2,(H,22,23)(H,24,26,27). The van der Waals surface area contributed by atoms with E-state index >= 15 is 0 Å². The minimum Gasteiger partial charge on any atom is -0.357 e. The predicted molar refractivity (Wildman–Crippen MR) is 108 cm³/mol. The maximum Gasteiger partial charge on any atom is 0.255 e. The van der Waals surface area contributed by atoms with Gasteiger partial charge in [0, 0.05) is 49.5 Å². The van der Waals surface area contributed by atoms with Crippen LogP contribution in [0.25, 0.3) is 0 Å². The number of hydrogen-bond donors (Lipinski definition) is 3. The average Bonchev–Trinajstić information content (AvgIpc) is 3.23. The number of imide groups is 1. The summed E-state index contributed by atoms with van der Waals surface area (Å²) in [4.78, 5) is 42.5. The molecule has 1 unspecified atom stereocenters. The molecule has 0 aliphatic carbocycles. The van der Waals surface area contributed by atoms with Crippen molar-refractivity contribution >= 4 is 34.2 Å². The van der Waals surface area contributed by atoms with Crippen LogP contribution >= 0.6 is 11.3 Å². The van der Waals surface area contributed by atoms with Gasteiger partial charge in [-0.2, -0.15) is 0 Å². The van der Waals surface area contributed by atoms with Gasteiger partial charge in [-0.3, -0.25) is 19.7 Å². The molecule has 9 heteroatoms. The number of hydrogen-bond acceptors (Lipinski definition) is 7. The van der Waals surface area contributed by atoms with E-state index in [2.05, 4.69) is 26.3 Å². The lowest BCUT2D eigenvalue weighted by atomic mass is 10.0. The predicted octanol–water partition coefficient (Wildman–Crippen LogP) is 1.20. The SMILES string of the molecule is O=C1CCC(N2Cc3cc(CNc4nc(C5CNC5)cs4)ccc3C2=O)C(=O)N1. The molecule has 4 heterocycles.